The number of aryl methyl sites for hydroxylation is 1. The van der Waals surface area contributed by atoms with Crippen molar-refractivity contribution < 1.29 is 0 Å². The zero-order valence-corrected chi connectivity index (χ0v) is 8.10. The number of hydrogen-bond donors (Lipinski definition) is 0. The van der Waals surface area contributed by atoms with Gasteiger partial charge in [0.2, 0.25) is 0 Å². The third kappa shape index (κ3) is 1.63. The van der Waals surface area contributed by atoms with Crippen LogP contribution in [-0.4, -0.2) is 10.7 Å². The Morgan fingerprint density at radius 1 is 1.58 bits per heavy atom. The van der Waals surface area contributed by atoms with E-state index < -0.39 is 0 Å². The summed E-state index contributed by atoms with van der Waals surface area (Å²) >= 11 is 2.04. The van der Waals surface area contributed by atoms with Gasteiger partial charge in [0.05, 0.1) is 5.69 Å². The molecule has 1 unspecified atom stereocenters. The van der Waals surface area contributed by atoms with Crippen LogP contribution in [0.3, 0.4) is 0 Å². The molecular weight excluding hydrogens is 166 g/mol. The molecule has 0 spiro atoms. The Labute approximate surface area is 77.6 Å². The van der Waals surface area contributed by atoms with Gasteiger partial charge in [0.15, 0.2) is 0 Å². The molecule has 2 rings (SSSR count). The fourth-order valence-electron chi connectivity index (χ4n) is 1.55. The monoisotopic (exact) mass is 179 g/mol. The molecule has 0 bridgehead atoms. The van der Waals surface area contributed by atoms with Crippen LogP contribution in [0.25, 0.3) is 0 Å². The SMILES string of the molecule is Cc1ccnc(C2CCCS2)c1. The Balaban J connectivity index is 2.21. The second-order valence-electron chi connectivity index (χ2n) is 3.26. The maximum Gasteiger partial charge on any atom is 0.0536 e. The van der Waals surface area contributed by atoms with Crippen molar-refractivity contribution in [2.24, 2.45) is 0 Å². The van der Waals surface area contributed by atoms with Crippen molar-refractivity contribution in [3.8, 4) is 0 Å². The molecule has 0 N–H and O–H groups in total. The molecule has 0 radical (unpaired) electrons. The number of rotatable bonds is 1. The Bertz CT molecular complexity index is 266. The van der Waals surface area contributed by atoms with Crippen LogP contribution in [0.4, 0.5) is 0 Å². The van der Waals surface area contributed by atoms with Gasteiger partial charge in [-0.1, -0.05) is 0 Å². The Hall–Kier alpha value is -0.500. The predicted molar refractivity (Wildman–Crippen MR) is 53.4 cm³/mol. The Kier molecular flexibility index (Phi) is 2.35. The fraction of sp³-hybridized carbons (Fsp3) is 0.500. The molecule has 1 aliphatic heterocycles. The van der Waals surface area contributed by atoms with Gasteiger partial charge >= 0.3 is 0 Å². The van der Waals surface area contributed by atoms with Gasteiger partial charge in [-0.15, -0.1) is 0 Å². The molecule has 1 nitrogen and oxygen atoms in total. The van der Waals surface area contributed by atoms with E-state index in [4.69, 9.17) is 0 Å². The fourth-order valence-corrected chi connectivity index (χ4v) is 2.80. The summed E-state index contributed by atoms with van der Waals surface area (Å²) in [7, 11) is 0. The first-order valence-corrected chi connectivity index (χ1v) is 5.45. The van der Waals surface area contributed by atoms with Crippen molar-refractivity contribution in [3.63, 3.8) is 0 Å². The first-order valence-electron chi connectivity index (χ1n) is 4.40. The lowest BCUT2D eigenvalue weighted by atomic mass is 10.1. The first kappa shape index (κ1) is 8.11. The second kappa shape index (κ2) is 3.48. The quantitative estimate of drug-likeness (QED) is 0.657. The van der Waals surface area contributed by atoms with E-state index in [1.165, 1.54) is 29.9 Å². The van der Waals surface area contributed by atoms with Crippen molar-refractivity contribution in [3.05, 3.63) is 29.6 Å². The van der Waals surface area contributed by atoms with Crippen molar-refractivity contribution in [1.29, 1.82) is 0 Å². The van der Waals surface area contributed by atoms with E-state index in [1.54, 1.807) is 0 Å². The zero-order valence-electron chi connectivity index (χ0n) is 7.29. The van der Waals surface area contributed by atoms with Crippen LogP contribution >= 0.6 is 11.8 Å². The lowest BCUT2D eigenvalue weighted by Crippen LogP contribution is -1.92. The highest BCUT2D eigenvalue weighted by Gasteiger charge is 2.18. The van der Waals surface area contributed by atoms with Gasteiger partial charge in [0.1, 0.15) is 0 Å². The highest BCUT2D eigenvalue weighted by Crippen LogP contribution is 2.38. The summed E-state index contributed by atoms with van der Waals surface area (Å²) in [6.45, 7) is 2.13. The van der Waals surface area contributed by atoms with Crippen LogP contribution in [-0.2, 0) is 0 Å². The molecule has 1 atom stereocenters. The van der Waals surface area contributed by atoms with E-state index in [0.29, 0.717) is 5.25 Å². The van der Waals surface area contributed by atoms with Crippen LogP contribution in [0.15, 0.2) is 18.3 Å². The van der Waals surface area contributed by atoms with Crippen LogP contribution in [0, 0.1) is 6.92 Å². The van der Waals surface area contributed by atoms with Crippen LogP contribution < -0.4 is 0 Å². The number of nitrogens with zero attached hydrogens (tertiary/aromatic N) is 1. The molecule has 0 aromatic carbocycles. The van der Waals surface area contributed by atoms with Crippen LogP contribution in [0.5, 0.6) is 0 Å². The van der Waals surface area contributed by atoms with Crippen molar-refractivity contribution in [1.82, 2.24) is 4.98 Å². The van der Waals surface area contributed by atoms with Crippen LogP contribution in [0.2, 0.25) is 0 Å². The maximum atomic E-state index is 4.40. The van der Waals surface area contributed by atoms with Crippen molar-refractivity contribution >= 4 is 11.8 Å². The summed E-state index contributed by atoms with van der Waals surface area (Å²) in [5.41, 5.74) is 2.60. The van der Waals surface area contributed by atoms with E-state index in [9.17, 15) is 0 Å². The van der Waals surface area contributed by atoms with Gasteiger partial charge in [-0.25, -0.2) is 0 Å². The topological polar surface area (TPSA) is 12.9 Å². The second-order valence-corrected chi connectivity index (χ2v) is 4.57. The molecule has 2 heteroatoms. The number of pyridine rings is 1. The third-order valence-electron chi connectivity index (χ3n) is 2.20. The van der Waals surface area contributed by atoms with Crippen molar-refractivity contribution in [2.45, 2.75) is 25.0 Å². The van der Waals surface area contributed by atoms with E-state index in [0.717, 1.165) is 0 Å². The molecule has 1 fully saturated rings. The van der Waals surface area contributed by atoms with Gasteiger partial charge < -0.3 is 0 Å². The summed E-state index contributed by atoms with van der Waals surface area (Å²) in [5.74, 6) is 1.31. The molecule has 1 aromatic heterocycles. The Morgan fingerprint density at radius 2 is 2.50 bits per heavy atom. The minimum Gasteiger partial charge on any atom is -0.260 e. The molecule has 1 aromatic rings. The van der Waals surface area contributed by atoms with Gasteiger partial charge in [0.25, 0.3) is 0 Å². The van der Waals surface area contributed by atoms with Gasteiger partial charge in [-0.2, -0.15) is 11.8 Å². The van der Waals surface area contributed by atoms with E-state index in [-0.39, 0.29) is 0 Å². The summed E-state index contributed by atoms with van der Waals surface area (Å²) in [4.78, 5) is 4.40. The third-order valence-corrected chi connectivity index (χ3v) is 3.60. The molecule has 0 aliphatic carbocycles. The molecule has 2 heterocycles. The van der Waals surface area contributed by atoms with Gasteiger partial charge in [0, 0.05) is 11.4 Å². The average Bonchev–Trinajstić information content (AvgIpc) is 2.56. The molecule has 12 heavy (non-hydrogen) atoms. The number of thioether (sulfide) groups is 1. The summed E-state index contributed by atoms with van der Waals surface area (Å²) in [6, 6.07) is 4.27. The smallest absolute Gasteiger partial charge is 0.0536 e. The summed E-state index contributed by atoms with van der Waals surface area (Å²) < 4.78 is 0. The molecular formula is C10H13NS. The van der Waals surface area contributed by atoms with E-state index in [1.807, 2.05) is 18.0 Å². The molecule has 64 valence electrons. The molecule has 0 amide bonds. The molecule has 1 saturated heterocycles. The number of aromatic nitrogens is 1. The zero-order chi connectivity index (χ0) is 8.39. The summed E-state index contributed by atoms with van der Waals surface area (Å²) in [5, 5.41) is 0.671. The van der Waals surface area contributed by atoms with Gasteiger partial charge in [-0.05, 0) is 43.2 Å². The normalized spacial score (nSPS) is 22.9. The largest absolute Gasteiger partial charge is 0.260 e. The van der Waals surface area contributed by atoms with Gasteiger partial charge in [-0.3, -0.25) is 4.98 Å². The highest BCUT2D eigenvalue weighted by atomic mass is 32.2. The Morgan fingerprint density at radius 3 is 3.17 bits per heavy atom. The minimum absolute atomic E-state index is 0.671. The lowest BCUT2D eigenvalue weighted by Gasteiger charge is -2.07. The average molecular weight is 179 g/mol. The summed E-state index contributed by atoms with van der Waals surface area (Å²) in [6.07, 6.45) is 4.58. The van der Waals surface area contributed by atoms with E-state index in [2.05, 4.69) is 24.0 Å². The van der Waals surface area contributed by atoms with Crippen LogP contribution in [0.1, 0.15) is 29.3 Å². The lowest BCUT2D eigenvalue weighted by molar-refractivity contribution is 0.806. The molecule has 0 saturated carbocycles. The predicted octanol–water partition coefficient (Wildman–Crippen LogP) is 2.96. The minimum atomic E-state index is 0.671. The maximum absolute atomic E-state index is 4.40. The highest BCUT2D eigenvalue weighted by molar-refractivity contribution is 7.99. The first-order chi connectivity index (χ1) is 5.86. The standard InChI is InChI=1S/C10H13NS/c1-8-4-5-11-9(7-8)10-3-2-6-12-10/h4-5,7,10H,2-3,6H2,1H3. The number of hydrogen-bond acceptors (Lipinski definition) is 2. The molecule has 1 aliphatic rings. The van der Waals surface area contributed by atoms with E-state index >= 15 is 0 Å². The van der Waals surface area contributed by atoms with Crippen molar-refractivity contribution in [2.75, 3.05) is 5.75 Å².